The van der Waals surface area contributed by atoms with E-state index in [1.54, 1.807) is 0 Å². The Morgan fingerprint density at radius 1 is 1.38 bits per heavy atom. The molecule has 13 heavy (non-hydrogen) atoms. The number of carbonyl (C=O) groups excluding carboxylic acids is 1. The Labute approximate surface area is 81.9 Å². The molecule has 0 saturated carbocycles. The van der Waals surface area contributed by atoms with Gasteiger partial charge in [0.25, 0.3) is 0 Å². The van der Waals surface area contributed by atoms with E-state index in [-0.39, 0.29) is 20.5 Å². The second-order valence-corrected chi connectivity index (χ2v) is 4.91. The predicted octanol–water partition coefficient (Wildman–Crippen LogP) is 1.68. The van der Waals surface area contributed by atoms with Crippen LogP contribution in [0.5, 0.6) is 0 Å². The van der Waals surface area contributed by atoms with Gasteiger partial charge < -0.3 is 0 Å². The van der Waals surface area contributed by atoms with Gasteiger partial charge in [0.05, 0.1) is 0 Å². The van der Waals surface area contributed by atoms with Crippen LogP contribution in [0.4, 0.5) is 0 Å². The Morgan fingerprint density at radius 3 is 2.85 bits per heavy atom. The average Bonchev–Trinajstić information content (AvgIpc) is 2.59. The van der Waals surface area contributed by atoms with Crippen molar-refractivity contribution < 1.29 is 9.53 Å². The van der Waals surface area contributed by atoms with E-state index >= 15 is 0 Å². The van der Waals surface area contributed by atoms with E-state index in [9.17, 15) is 4.79 Å². The molecule has 0 bridgehead atoms. The van der Waals surface area contributed by atoms with Gasteiger partial charge in [0, 0.05) is 0 Å². The number of ether oxygens (including phenoxy) is 1. The Kier molecular flexibility index (Phi) is 2.21. The van der Waals surface area contributed by atoms with Crippen molar-refractivity contribution in [3.8, 4) is 0 Å². The first-order chi connectivity index (χ1) is 6.31. The second kappa shape index (κ2) is 3.36. The van der Waals surface area contributed by atoms with Crippen molar-refractivity contribution in [3.05, 3.63) is 34.8 Å². The summed E-state index contributed by atoms with van der Waals surface area (Å²) in [6, 6.07) is 9.97. The van der Waals surface area contributed by atoms with Crippen molar-refractivity contribution in [2.24, 2.45) is 0 Å². The third-order valence-corrected chi connectivity index (χ3v) is 4.11. The van der Waals surface area contributed by atoms with E-state index in [0.717, 1.165) is 9.82 Å². The fraction of sp³-hybridized carbons (Fsp3) is 0.100. The molecule has 0 spiro atoms. The first kappa shape index (κ1) is 8.54. The number of carbonyl (C=O) groups is 1. The van der Waals surface area contributed by atoms with E-state index in [2.05, 4.69) is 10.8 Å². The zero-order chi connectivity index (χ0) is 9.26. The number of rotatable bonds is 1. The van der Waals surface area contributed by atoms with Gasteiger partial charge in [-0.25, -0.2) is 0 Å². The molecule has 0 atom stereocenters. The van der Waals surface area contributed by atoms with Gasteiger partial charge in [-0.1, -0.05) is 0 Å². The van der Waals surface area contributed by atoms with Gasteiger partial charge in [-0.05, 0) is 0 Å². The molecular weight excluding hydrogens is 231 g/mol. The molecule has 0 amide bonds. The van der Waals surface area contributed by atoms with Crippen molar-refractivity contribution >= 4 is 30.1 Å². The van der Waals surface area contributed by atoms with Gasteiger partial charge in [0.15, 0.2) is 0 Å². The normalized spacial score (nSPS) is 10.2. The van der Waals surface area contributed by atoms with Crippen LogP contribution < -0.4 is 0 Å². The van der Waals surface area contributed by atoms with E-state index in [0.29, 0.717) is 0 Å². The fourth-order valence-corrected chi connectivity index (χ4v) is 3.24. The van der Waals surface area contributed by atoms with Crippen LogP contribution in [0.3, 0.4) is 0 Å². The maximum absolute atomic E-state index is 11.2. The quantitative estimate of drug-likeness (QED) is 0.559. The molecule has 0 fully saturated rings. The number of benzene rings is 1. The SMILES string of the molecule is COC(=O)c1cc2ccccc2[se]1. The Morgan fingerprint density at radius 2 is 2.15 bits per heavy atom. The van der Waals surface area contributed by atoms with E-state index in [1.807, 2.05) is 24.3 Å². The molecule has 0 saturated heterocycles. The molecule has 2 aromatic rings. The zero-order valence-corrected chi connectivity index (χ0v) is 8.82. The van der Waals surface area contributed by atoms with Gasteiger partial charge in [0.2, 0.25) is 0 Å². The van der Waals surface area contributed by atoms with Gasteiger partial charge in [0.1, 0.15) is 0 Å². The maximum atomic E-state index is 11.2. The minimum absolute atomic E-state index is 0.129. The molecule has 1 aromatic heterocycles. The zero-order valence-electron chi connectivity index (χ0n) is 7.11. The van der Waals surface area contributed by atoms with Crippen molar-refractivity contribution in [3.63, 3.8) is 0 Å². The molecule has 2 rings (SSSR count). The first-order valence-corrected chi connectivity index (χ1v) is 5.59. The van der Waals surface area contributed by atoms with Gasteiger partial charge in [-0.2, -0.15) is 0 Å². The number of hydrogen-bond acceptors (Lipinski definition) is 2. The summed E-state index contributed by atoms with van der Waals surface area (Å²) in [6.45, 7) is 0. The summed E-state index contributed by atoms with van der Waals surface area (Å²) in [5.41, 5.74) is 0. The molecule has 0 aliphatic rings. The van der Waals surface area contributed by atoms with Crippen molar-refractivity contribution in [1.82, 2.24) is 0 Å². The molecular formula is C10H8O2Se. The van der Waals surface area contributed by atoms with Crippen LogP contribution in [0.2, 0.25) is 0 Å². The van der Waals surface area contributed by atoms with Crippen LogP contribution in [0.1, 0.15) is 9.23 Å². The van der Waals surface area contributed by atoms with Crippen LogP contribution in [0.15, 0.2) is 30.3 Å². The average molecular weight is 239 g/mol. The third kappa shape index (κ3) is 1.53. The monoisotopic (exact) mass is 240 g/mol. The van der Waals surface area contributed by atoms with Gasteiger partial charge >= 0.3 is 81.5 Å². The fourth-order valence-electron chi connectivity index (χ4n) is 1.18. The van der Waals surface area contributed by atoms with Crippen LogP contribution in [-0.4, -0.2) is 27.6 Å². The van der Waals surface area contributed by atoms with E-state index < -0.39 is 0 Å². The molecule has 0 N–H and O–H groups in total. The number of hydrogen-bond donors (Lipinski definition) is 0. The Hall–Kier alpha value is -1.05. The summed E-state index contributed by atoms with van der Waals surface area (Å²) in [5.74, 6) is -0.198. The summed E-state index contributed by atoms with van der Waals surface area (Å²) in [5, 5.41) is 1.16. The summed E-state index contributed by atoms with van der Waals surface area (Å²) in [6.07, 6.45) is 0. The minimum atomic E-state index is -0.198. The summed E-state index contributed by atoms with van der Waals surface area (Å²) in [7, 11) is 1.42. The Bertz CT molecular complexity index is 412. The number of methoxy groups -OCH3 is 1. The standard InChI is InChI=1S/C10H8O2Se/c1-12-10(11)9-6-7-4-2-3-5-8(7)13-9/h2-6H,1H3. The molecule has 66 valence electrons. The van der Waals surface area contributed by atoms with Crippen molar-refractivity contribution in [2.45, 2.75) is 0 Å². The number of fused-ring (bicyclic) bond motifs is 1. The van der Waals surface area contributed by atoms with Crippen molar-refractivity contribution in [2.75, 3.05) is 7.11 Å². The molecule has 1 aromatic carbocycles. The summed E-state index contributed by atoms with van der Waals surface area (Å²) in [4.78, 5) is 11.2. The van der Waals surface area contributed by atoms with Crippen LogP contribution in [0.25, 0.3) is 9.65 Å². The van der Waals surface area contributed by atoms with E-state index in [4.69, 9.17) is 0 Å². The summed E-state index contributed by atoms with van der Waals surface area (Å²) < 4.78 is 6.74. The molecule has 1 heterocycles. The van der Waals surface area contributed by atoms with Gasteiger partial charge in [-0.3, -0.25) is 0 Å². The number of esters is 1. The van der Waals surface area contributed by atoms with Crippen LogP contribution in [-0.2, 0) is 4.74 Å². The molecule has 3 heteroatoms. The van der Waals surface area contributed by atoms with Crippen LogP contribution in [0, 0.1) is 0 Å². The van der Waals surface area contributed by atoms with Gasteiger partial charge in [-0.15, -0.1) is 0 Å². The molecule has 0 radical (unpaired) electrons. The molecule has 0 aliphatic carbocycles. The molecule has 0 aliphatic heterocycles. The van der Waals surface area contributed by atoms with E-state index in [1.165, 1.54) is 11.4 Å². The Balaban J connectivity index is 2.56. The molecule has 2 nitrogen and oxygen atoms in total. The molecule has 0 unspecified atom stereocenters. The van der Waals surface area contributed by atoms with Crippen LogP contribution >= 0.6 is 0 Å². The van der Waals surface area contributed by atoms with Crippen molar-refractivity contribution in [1.29, 1.82) is 0 Å². The first-order valence-electron chi connectivity index (χ1n) is 3.88. The topological polar surface area (TPSA) is 26.3 Å². The second-order valence-electron chi connectivity index (χ2n) is 2.64. The predicted molar refractivity (Wildman–Crippen MR) is 52.2 cm³/mol. The summed E-state index contributed by atoms with van der Waals surface area (Å²) >= 11 is 0.129. The third-order valence-electron chi connectivity index (χ3n) is 1.81.